The molecule has 2 atom stereocenters. The van der Waals surface area contributed by atoms with E-state index in [9.17, 15) is 4.39 Å². The monoisotopic (exact) mass is 136 g/mol. The molecule has 0 spiro atoms. The molecule has 0 radical (unpaired) electrons. The lowest BCUT2D eigenvalue weighted by Gasteiger charge is -2.07. The highest BCUT2D eigenvalue weighted by Gasteiger charge is 2.46. The third kappa shape index (κ3) is 1.38. The second kappa shape index (κ2) is 2.60. The molecule has 1 saturated heterocycles. The minimum Gasteiger partial charge on any atom is -0.353 e. The van der Waals surface area contributed by atoms with Crippen LogP contribution in [0.1, 0.15) is 0 Å². The van der Waals surface area contributed by atoms with Crippen LogP contribution >= 0.6 is 0 Å². The van der Waals surface area contributed by atoms with Crippen LogP contribution < -0.4 is 0 Å². The summed E-state index contributed by atoms with van der Waals surface area (Å²) in [4.78, 5) is 0. The van der Waals surface area contributed by atoms with Gasteiger partial charge in [-0.3, -0.25) is 0 Å². The minimum absolute atomic E-state index is 0.514. The molecule has 1 fully saturated rings. The van der Waals surface area contributed by atoms with Crippen LogP contribution in [-0.4, -0.2) is 33.0 Å². The Morgan fingerprint density at radius 3 is 2.00 bits per heavy atom. The normalized spacial score (nSPS) is 33.3. The Bertz CT molecular complexity index is 94.2. The SMILES string of the molecule is COC(OC)C1OC1F. The topological polar surface area (TPSA) is 31.0 Å². The number of epoxide rings is 1. The average Bonchev–Trinajstić information content (AvgIpc) is 2.51. The molecule has 1 aliphatic rings. The molecule has 0 aromatic rings. The van der Waals surface area contributed by atoms with Crippen LogP contribution in [0.15, 0.2) is 0 Å². The lowest BCUT2D eigenvalue weighted by molar-refractivity contribution is -0.115. The average molecular weight is 136 g/mol. The maximum Gasteiger partial charge on any atom is 0.231 e. The third-order valence-electron chi connectivity index (χ3n) is 1.20. The van der Waals surface area contributed by atoms with Crippen LogP contribution in [0.3, 0.4) is 0 Å². The van der Waals surface area contributed by atoms with Crippen molar-refractivity contribution in [2.75, 3.05) is 14.2 Å². The summed E-state index contributed by atoms with van der Waals surface area (Å²) >= 11 is 0. The van der Waals surface area contributed by atoms with Crippen molar-refractivity contribution in [3.8, 4) is 0 Å². The molecule has 1 heterocycles. The molecule has 4 heteroatoms. The Morgan fingerprint density at radius 1 is 1.44 bits per heavy atom. The van der Waals surface area contributed by atoms with Crippen molar-refractivity contribution in [2.24, 2.45) is 0 Å². The molecule has 2 unspecified atom stereocenters. The van der Waals surface area contributed by atoms with Crippen molar-refractivity contribution in [1.29, 1.82) is 0 Å². The summed E-state index contributed by atoms with van der Waals surface area (Å²) < 4.78 is 25.9. The van der Waals surface area contributed by atoms with Gasteiger partial charge in [0.25, 0.3) is 0 Å². The first kappa shape index (κ1) is 6.92. The number of halogens is 1. The van der Waals surface area contributed by atoms with Crippen LogP contribution in [0.4, 0.5) is 4.39 Å². The second-order valence-corrected chi connectivity index (χ2v) is 1.79. The number of hydrogen-bond acceptors (Lipinski definition) is 3. The minimum atomic E-state index is -1.20. The van der Waals surface area contributed by atoms with E-state index >= 15 is 0 Å². The zero-order valence-corrected chi connectivity index (χ0v) is 5.33. The molecule has 54 valence electrons. The molecule has 0 amide bonds. The van der Waals surface area contributed by atoms with Gasteiger partial charge < -0.3 is 14.2 Å². The molecule has 9 heavy (non-hydrogen) atoms. The Balaban J connectivity index is 2.23. The second-order valence-electron chi connectivity index (χ2n) is 1.79. The summed E-state index contributed by atoms with van der Waals surface area (Å²) in [5.41, 5.74) is 0. The quantitative estimate of drug-likeness (QED) is 0.413. The van der Waals surface area contributed by atoms with Crippen molar-refractivity contribution in [3.05, 3.63) is 0 Å². The smallest absolute Gasteiger partial charge is 0.231 e. The van der Waals surface area contributed by atoms with Gasteiger partial charge >= 0.3 is 0 Å². The summed E-state index contributed by atoms with van der Waals surface area (Å²) in [7, 11) is 2.89. The predicted octanol–water partition coefficient (Wildman–Crippen LogP) is 0.300. The molecule has 0 aromatic heterocycles. The van der Waals surface area contributed by atoms with E-state index < -0.39 is 18.8 Å². The highest BCUT2D eigenvalue weighted by Crippen LogP contribution is 2.27. The number of ether oxygens (including phenoxy) is 3. The van der Waals surface area contributed by atoms with Gasteiger partial charge in [0.05, 0.1) is 0 Å². The Labute approximate surface area is 52.7 Å². The highest BCUT2D eigenvalue weighted by atomic mass is 19.2. The van der Waals surface area contributed by atoms with Crippen molar-refractivity contribution >= 4 is 0 Å². The zero-order valence-electron chi connectivity index (χ0n) is 5.33. The third-order valence-corrected chi connectivity index (χ3v) is 1.20. The molecular weight excluding hydrogens is 127 g/mol. The van der Waals surface area contributed by atoms with Crippen molar-refractivity contribution in [2.45, 2.75) is 18.8 Å². The van der Waals surface area contributed by atoms with E-state index in [1.165, 1.54) is 14.2 Å². The van der Waals surface area contributed by atoms with E-state index in [2.05, 4.69) is 4.74 Å². The van der Waals surface area contributed by atoms with E-state index in [0.29, 0.717) is 0 Å². The van der Waals surface area contributed by atoms with E-state index in [0.717, 1.165) is 0 Å². The summed E-state index contributed by atoms with van der Waals surface area (Å²) in [5, 5.41) is 0. The fraction of sp³-hybridized carbons (Fsp3) is 1.00. The number of methoxy groups -OCH3 is 2. The van der Waals surface area contributed by atoms with Gasteiger partial charge in [-0.05, 0) is 0 Å². The van der Waals surface area contributed by atoms with Crippen molar-refractivity contribution in [3.63, 3.8) is 0 Å². The first-order valence-corrected chi connectivity index (χ1v) is 2.64. The Morgan fingerprint density at radius 2 is 1.89 bits per heavy atom. The maximum absolute atomic E-state index is 12.0. The number of alkyl halides is 1. The molecule has 3 nitrogen and oxygen atoms in total. The van der Waals surface area contributed by atoms with Gasteiger partial charge in [0.2, 0.25) is 6.36 Å². The first-order valence-electron chi connectivity index (χ1n) is 2.64. The maximum atomic E-state index is 12.0. The molecule has 1 rings (SSSR count). The molecular formula is C5H9FO3. The van der Waals surface area contributed by atoms with Crippen LogP contribution in [0.2, 0.25) is 0 Å². The lowest BCUT2D eigenvalue weighted by atomic mass is 10.4. The Hall–Kier alpha value is -0.190. The van der Waals surface area contributed by atoms with Crippen molar-refractivity contribution in [1.82, 2.24) is 0 Å². The first-order chi connectivity index (χ1) is 4.29. The molecule has 0 N–H and O–H groups in total. The van der Waals surface area contributed by atoms with Gasteiger partial charge in [0, 0.05) is 14.2 Å². The standard InChI is InChI=1S/C5H9FO3/c1-7-5(8-2)3-4(6)9-3/h3-5H,1-2H3. The van der Waals surface area contributed by atoms with E-state index in [1.807, 2.05) is 0 Å². The van der Waals surface area contributed by atoms with Crippen molar-refractivity contribution < 1.29 is 18.6 Å². The van der Waals surface area contributed by atoms with Crippen LogP contribution in [0.5, 0.6) is 0 Å². The lowest BCUT2D eigenvalue weighted by Crippen LogP contribution is -2.20. The molecule has 1 aliphatic heterocycles. The number of rotatable bonds is 3. The molecule has 0 aromatic carbocycles. The van der Waals surface area contributed by atoms with Gasteiger partial charge in [0.15, 0.2) is 12.4 Å². The van der Waals surface area contributed by atoms with Crippen LogP contribution in [0.25, 0.3) is 0 Å². The Kier molecular flexibility index (Phi) is 2.00. The zero-order chi connectivity index (χ0) is 6.85. The van der Waals surface area contributed by atoms with Gasteiger partial charge in [-0.1, -0.05) is 0 Å². The van der Waals surface area contributed by atoms with Gasteiger partial charge in [0.1, 0.15) is 0 Å². The van der Waals surface area contributed by atoms with Gasteiger partial charge in [-0.15, -0.1) is 0 Å². The van der Waals surface area contributed by atoms with Gasteiger partial charge in [-0.2, -0.15) is 0 Å². The fourth-order valence-electron chi connectivity index (χ4n) is 0.657. The number of hydrogen-bond donors (Lipinski definition) is 0. The fourth-order valence-corrected chi connectivity index (χ4v) is 0.657. The summed E-state index contributed by atoms with van der Waals surface area (Å²) in [6, 6.07) is 0. The van der Waals surface area contributed by atoms with E-state index in [-0.39, 0.29) is 0 Å². The largest absolute Gasteiger partial charge is 0.353 e. The van der Waals surface area contributed by atoms with E-state index in [4.69, 9.17) is 9.47 Å². The van der Waals surface area contributed by atoms with Crippen LogP contribution in [0, 0.1) is 0 Å². The van der Waals surface area contributed by atoms with Crippen LogP contribution in [-0.2, 0) is 14.2 Å². The van der Waals surface area contributed by atoms with Gasteiger partial charge in [-0.25, -0.2) is 4.39 Å². The summed E-state index contributed by atoms with van der Waals surface area (Å²) in [6.07, 6.45) is -2.27. The predicted molar refractivity (Wildman–Crippen MR) is 27.6 cm³/mol. The van der Waals surface area contributed by atoms with E-state index in [1.54, 1.807) is 0 Å². The molecule has 0 saturated carbocycles. The summed E-state index contributed by atoms with van der Waals surface area (Å²) in [5.74, 6) is 0. The molecule has 0 bridgehead atoms. The molecule has 0 aliphatic carbocycles. The summed E-state index contributed by atoms with van der Waals surface area (Å²) in [6.45, 7) is 0. The highest BCUT2D eigenvalue weighted by molar-refractivity contribution is 4.78.